The van der Waals surface area contributed by atoms with Crippen LogP contribution in [-0.2, 0) is 11.2 Å². The molecule has 2 aromatic carbocycles. The molecular formula is C19H16FN3O2. The van der Waals surface area contributed by atoms with Gasteiger partial charge in [-0.3, -0.25) is 14.6 Å². The molecule has 6 heteroatoms. The zero-order chi connectivity index (χ0) is 17.8. The maximum Gasteiger partial charge on any atom is 0.249 e. The molecule has 3 N–H and O–H groups in total. The molecule has 3 rings (SSSR count). The first-order chi connectivity index (χ1) is 12.0. The standard InChI is InChI=1S/C19H16FN3O2/c20-14-7-5-12(16(10-14)19(21)25)6-8-18(24)23-15-9-13-3-1-2-4-17(13)22-11-15/h1-5,7,9-11H,6,8H2,(H2,21,25)(H,23,24). The summed E-state index contributed by atoms with van der Waals surface area (Å²) in [4.78, 5) is 27.8. The van der Waals surface area contributed by atoms with Crippen molar-refractivity contribution in [2.75, 3.05) is 5.32 Å². The molecule has 0 unspecified atom stereocenters. The lowest BCUT2D eigenvalue weighted by molar-refractivity contribution is -0.116. The van der Waals surface area contributed by atoms with E-state index in [0.29, 0.717) is 11.3 Å². The number of anilines is 1. The van der Waals surface area contributed by atoms with Crippen molar-refractivity contribution in [2.24, 2.45) is 5.73 Å². The molecule has 5 nitrogen and oxygen atoms in total. The molecule has 0 spiro atoms. The number of primary amides is 1. The molecule has 0 radical (unpaired) electrons. The number of nitrogens with two attached hydrogens (primary N) is 1. The second-order valence-electron chi connectivity index (χ2n) is 5.63. The fraction of sp³-hybridized carbons (Fsp3) is 0.105. The average molecular weight is 337 g/mol. The SMILES string of the molecule is NC(=O)c1cc(F)ccc1CCC(=O)Nc1cnc2ccccc2c1. The topological polar surface area (TPSA) is 85.1 Å². The monoisotopic (exact) mass is 337 g/mol. The smallest absolute Gasteiger partial charge is 0.249 e. The van der Waals surface area contributed by atoms with Crippen molar-refractivity contribution in [1.82, 2.24) is 4.98 Å². The normalized spacial score (nSPS) is 10.6. The van der Waals surface area contributed by atoms with E-state index in [1.54, 1.807) is 6.20 Å². The highest BCUT2D eigenvalue weighted by atomic mass is 19.1. The highest BCUT2D eigenvalue weighted by Crippen LogP contribution is 2.17. The number of aryl methyl sites for hydroxylation is 1. The summed E-state index contributed by atoms with van der Waals surface area (Å²) in [5.74, 6) is -1.48. The number of carbonyl (C=O) groups excluding carboxylic acids is 2. The van der Waals surface area contributed by atoms with Crippen LogP contribution < -0.4 is 11.1 Å². The predicted octanol–water partition coefficient (Wildman–Crippen LogP) is 3.04. The lowest BCUT2D eigenvalue weighted by atomic mass is 10.0. The number of amides is 2. The third-order valence-corrected chi connectivity index (χ3v) is 3.83. The highest BCUT2D eigenvalue weighted by molar-refractivity contribution is 5.95. The molecule has 25 heavy (non-hydrogen) atoms. The minimum Gasteiger partial charge on any atom is -0.366 e. The Bertz CT molecular complexity index is 956. The van der Waals surface area contributed by atoms with Gasteiger partial charge in [0, 0.05) is 17.4 Å². The summed E-state index contributed by atoms with van der Waals surface area (Å²) in [6.07, 6.45) is 2.01. The molecule has 2 amide bonds. The van der Waals surface area contributed by atoms with E-state index in [4.69, 9.17) is 5.73 Å². The molecule has 0 fully saturated rings. The van der Waals surface area contributed by atoms with E-state index in [1.165, 1.54) is 12.1 Å². The van der Waals surface area contributed by atoms with Crippen LogP contribution >= 0.6 is 0 Å². The molecule has 0 bridgehead atoms. The van der Waals surface area contributed by atoms with Crippen LogP contribution in [-0.4, -0.2) is 16.8 Å². The van der Waals surface area contributed by atoms with Crippen LogP contribution in [0, 0.1) is 5.82 Å². The summed E-state index contributed by atoms with van der Waals surface area (Å²) in [5, 5.41) is 3.70. The van der Waals surface area contributed by atoms with Crippen LogP contribution in [0.25, 0.3) is 10.9 Å². The van der Waals surface area contributed by atoms with Gasteiger partial charge in [0.2, 0.25) is 11.8 Å². The Morgan fingerprint density at radius 3 is 2.72 bits per heavy atom. The average Bonchev–Trinajstić information content (AvgIpc) is 2.60. The molecule has 3 aromatic rings. The molecule has 0 aliphatic rings. The van der Waals surface area contributed by atoms with Gasteiger partial charge in [-0.25, -0.2) is 4.39 Å². The molecule has 126 valence electrons. The number of hydrogen-bond acceptors (Lipinski definition) is 3. The van der Waals surface area contributed by atoms with Crippen LogP contribution in [0.5, 0.6) is 0 Å². The van der Waals surface area contributed by atoms with Gasteiger partial charge in [-0.15, -0.1) is 0 Å². The molecule has 1 heterocycles. The van der Waals surface area contributed by atoms with Crippen LogP contribution in [0.3, 0.4) is 0 Å². The second kappa shape index (κ2) is 7.09. The predicted molar refractivity (Wildman–Crippen MR) is 93.6 cm³/mol. The van der Waals surface area contributed by atoms with Gasteiger partial charge in [0.05, 0.1) is 17.4 Å². The van der Waals surface area contributed by atoms with Gasteiger partial charge < -0.3 is 11.1 Å². The minimum atomic E-state index is -0.714. The van der Waals surface area contributed by atoms with E-state index in [0.717, 1.165) is 17.0 Å². The van der Waals surface area contributed by atoms with E-state index in [2.05, 4.69) is 10.3 Å². The Kier molecular flexibility index (Phi) is 4.70. The fourth-order valence-corrected chi connectivity index (χ4v) is 2.61. The zero-order valence-corrected chi connectivity index (χ0v) is 13.3. The van der Waals surface area contributed by atoms with Gasteiger partial charge in [-0.05, 0) is 36.2 Å². The van der Waals surface area contributed by atoms with Crippen molar-refractivity contribution in [3.05, 3.63) is 71.7 Å². The summed E-state index contributed by atoms with van der Waals surface area (Å²) >= 11 is 0. The second-order valence-corrected chi connectivity index (χ2v) is 5.63. The maximum absolute atomic E-state index is 13.2. The van der Waals surface area contributed by atoms with Gasteiger partial charge in [0.1, 0.15) is 5.82 Å². The van der Waals surface area contributed by atoms with Crippen LogP contribution in [0.4, 0.5) is 10.1 Å². The number of benzene rings is 2. The number of aromatic nitrogens is 1. The van der Waals surface area contributed by atoms with E-state index >= 15 is 0 Å². The molecule has 0 aliphatic heterocycles. The first kappa shape index (κ1) is 16.6. The first-order valence-electron chi connectivity index (χ1n) is 7.76. The Morgan fingerprint density at radius 2 is 1.92 bits per heavy atom. The highest BCUT2D eigenvalue weighted by Gasteiger charge is 2.11. The number of para-hydroxylation sites is 1. The third kappa shape index (κ3) is 3.98. The number of carbonyl (C=O) groups is 2. The minimum absolute atomic E-state index is 0.0974. The Morgan fingerprint density at radius 1 is 1.12 bits per heavy atom. The lowest BCUT2D eigenvalue weighted by Gasteiger charge is -2.08. The van der Waals surface area contributed by atoms with E-state index in [1.807, 2.05) is 30.3 Å². The molecule has 0 saturated heterocycles. The Hall–Kier alpha value is -3.28. The Balaban J connectivity index is 1.67. The number of hydrogen-bond donors (Lipinski definition) is 2. The van der Waals surface area contributed by atoms with Crippen molar-refractivity contribution in [3.63, 3.8) is 0 Å². The first-order valence-corrected chi connectivity index (χ1v) is 7.76. The van der Waals surface area contributed by atoms with E-state index in [9.17, 15) is 14.0 Å². The van der Waals surface area contributed by atoms with Crippen molar-refractivity contribution in [1.29, 1.82) is 0 Å². The van der Waals surface area contributed by atoms with Gasteiger partial charge in [-0.1, -0.05) is 24.3 Å². The number of nitrogens with zero attached hydrogens (tertiary/aromatic N) is 1. The zero-order valence-electron chi connectivity index (χ0n) is 13.3. The van der Waals surface area contributed by atoms with Gasteiger partial charge >= 0.3 is 0 Å². The number of nitrogens with one attached hydrogen (secondary N) is 1. The van der Waals surface area contributed by atoms with E-state index < -0.39 is 11.7 Å². The summed E-state index contributed by atoms with van der Waals surface area (Å²) in [5.41, 5.74) is 7.33. The van der Waals surface area contributed by atoms with Crippen molar-refractivity contribution in [3.8, 4) is 0 Å². The molecule has 0 atom stereocenters. The number of halogens is 1. The molecular weight excluding hydrogens is 321 g/mol. The van der Waals surface area contributed by atoms with Crippen molar-refractivity contribution >= 4 is 28.4 Å². The quantitative estimate of drug-likeness (QED) is 0.750. The largest absolute Gasteiger partial charge is 0.366 e. The summed E-state index contributed by atoms with van der Waals surface area (Å²) in [6, 6.07) is 13.2. The maximum atomic E-state index is 13.2. The Labute approximate surface area is 143 Å². The number of pyridine rings is 1. The van der Waals surface area contributed by atoms with Gasteiger partial charge in [0.15, 0.2) is 0 Å². The molecule has 1 aromatic heterocycles. The molecule has 0 aliphatic carbocycles. The van der Waals surface area contributed by atoms with Crippen LogP contribution in [0.2, 0.25) is 0 Å². The fourth-order valence-electron chi connectivity index (χ4n) is 2.61. The lowest BCUT2D eigenvalue weighted by Crippen LogP contribution is -2.16. The number of fused-ring (bicyclic) bond motifs is 1. The third-order valence-electron chi connectivity index (χ3n) is 3.83. The summed E-state index contributed by atoms with van der Waals surface area (Å²) in [6.45, 7) is 0. The van der Waals surface area contributed by atoms with E-state index in [-0.39, 0.29) is 24.3 Å². The van der Waals surface area contributed by atoms with Crippen LogP contribution in [0.15, 0.2) is 54.7 Å². The molecule has 0 saturated carbocycles. The van der Waals surface area contributed by atoms with Gasteiger partial charge in [-0.2, -0.15) is 0 Å². The van der Waals surface area contributed by atoms with Crippen molar-refractivity contribution < 1.29 is 14.0 Å². The van der Waals surface area contributed by atoms with Gasteiger partial charge in [0.25, 0.3) is 0 Å². The summed E-state index contributed by atoms with van der Waals surface area (Å²) < 4.78 is 13.2. The summed E-state index contributed by atoms with van der Waals surface area (Å²) in [7, 11) is 0. The number of rotatable bonds is 5. The van der Waals surface area contributed by atoms with Crippen LogP contribution in [0.1, 0.15) is 22.3 Å². The van der Waals surface area contributed by atoms with Crippen molar-refractivity contribution in [2.45, 2.75) is 12.8 Å².